The molecule has 2 atom stereocenters. The lowest BCUT2D eigenvalue weighted by molar-refractivity contribution is -0.149. The van der Waals surface area contributed by atoms with Gasteiger partial charge in [0.25, 0.3) is 0 Å². The third-order valence-electron chi connectivity index (χ3n) is 5.99. The highest BCUT2D eigenvalue weighted by Gasteiger charge is 2.46. The number of carbonyl (C=O) groups is 3. The molecule has 2 heterocycles. The number of aliphatic imine (C=N–C) groups is 1. The molecule has 2 aromatic rings. The molecule has 1 amide bonds. The van der Waals surface area contributed by atoms with Crippen molar-refractivity contribution in [3.05, 3.63) is 77.1 Å². The molecule has 2 aromatic carbocycles. The number of ether oxygens (including phenoxy) is 2. The van der Waals surface area contributed by atoms with Crippen LogP contribution in [0.15, 0.2) is 71.0 Å². The van der Waals surface area contributed by atoms with Crippen molar-refractivity contribution in [1.29, 1.82) is 0 Å². The number of fused-ring (bicyclic) bond motifs is 1. The number of allylic oxidation sites excluding steroid dienone is 1. The molecule has 0 saturated heterocycles. The summed E-state index contributed by atoms with van der Waals surface area (Å²) >= 11 is 0. The Morgan fingerprint density at radius 2 is 1.76 bits per heavy atom. The van der Waals surface area contributed by atoms with E-state index in [1.807, 2.05) is 18.2 Å². The first-order valence-corrected chi connectivity index (χ1v) is 11.0. The highest BCUT2D eigenvalue weighted by molar-refractivity contribution is 6.11. The fraction of sp³-hybridized carbons (Fsp3) is 0.308. The molecule has 0 aromatic heterocycles. The van der Waals surface area contributed by atoms with E-state index >= 15 is 0 Å². The van der Waals surface area contributed by atoms with E-state index in [4.69, 9.17) is 9.47 Å². The highest BCUT2D eigenvalue weighted by Crippen LogP contribution is 2.43. The Kier molecular flexibility index (Phi) is 6.40. The van der Waals surface area contributed by atoms with Crippen molar-refractivity contribution in [3.8, 4) is 5.75 Å². The standard InChI is InChI=1S/C26H26N2O5/c1-4-33-26(31)22-16(2)27-25-20(24(30)18-8-6-5-7-9-18)14-15-21(29)28(25)23(22)17-10-12-19(32-3)13-11-17/h5-13,22-23H,4,14-15H2,1-3H3. The van der Waals surface area contributed by atoms with Gasteiger partial charge in [-0.3, -0.25) is 19.3 Å². The van der Waals surface area contributed by atoms with Gasteiger partial charge in [0, 0.05) is 23.3 Å². The van der Waals surface area contributed by atoms with Gasteiger partial charge >= 0.3 is 5.97 Å². The van der Waals surface area contributed by atoms with Crippen molar-refractivity contribution >= 4 is 23.4 Å². The van der Waals surface area contributed by atoms with E-state index in [9.17, 15) is 14.4 Å². The third kappa shape index (κ3) is 4.18. The van der Waals surface area contributed by atoms with Crippen LogP contribution in [0.25, 0.3) is 0 Å². The summed E-state index contributed by atoms with van der Waals surface area (Å²) in [6.07, 6.45) is 0.461. The topological polar surface area (TPSA) is 85.3 Å². The second kappa shape index (κ2) is 9.40. The SMILES string of the molecule is CCOC(=O)C1C(C)=NC2=C(C(=O)c3ccccc3)CCC(=O)N2C1c1ccc(OC)cc1. The second-order valence-corrected chi connectivity index (χ2v) is 7.96. The summed E-state index contributed by atoms with van der Waals surface area (Å²) in [5.74, 6) is -0.596. The summed E-state index contributed by atoms with van der Waals surface area (Å²) < 4.78 is 10.6. The molecule has 0 fully saturated rings. The molecule has 0 spiro atoms. The lowest BCUT2D eigenvalue weighted by Crippen LogP contribution is -2.48. The number of hydrogen-bond donors (Lipinski definition) is 0. The van der Waals surface area contributed by atoms with Crippen molar-refractivity contribution in [1.82, 2.24) is 4.90 Å². The summed E-state index contributed by atoms with van der Waals surface area (Å²) in [7, 11) is 1.57. The molecule has 0 radical (unpaired) electrons. The molecule has 0 saturated carbocycles. The monoisotopic (exact) mass is 446 g/mol. The summed E-state index contributed by atoms with van der Waals surface area (Å²) in [6, 6.07) is 15.5. The molecule has 170 valence electrons. The van der Waals surface area contributed by atoms with E-state index in [2.05, 4.69) is 4.99 Å². The van der Waals surface area contributed by atoms with Crippen LogP contribution < -0.4 is 4.74 Å². The van der Waals surface area contributed by atoms with Crippen LogP contribution in [0.2, 0.25) is 0 Å². The van der Waals surface area contributed by atoms with Gasteiger partial charge in [0.2, 0.25) is 5.91 Å². The van der Waals surface area contributed by atoms with Gasteiger partial charge in [-0.25, -0.2) is 4.99 Å². The van der Waals surface area contributed by atoms with E-state index in [1.165, 1.54) is 4.90 Å². The van der Waals surface area contributed by atoms with Crippen LogP contribution in [-0.2, 0) is 14.3 Å². The predicted octanol–water partition coefficient (Wildman–Crippen LogP) is 4.11. The van der Waals surface area contributed by atoms with Crippen LogP contribution >= 0.6 is 0 Å². The fourth-order valence-electron chi connectivity index (χ4n) is 4.40. The Balaban J connectivity index is 1.89. The number of methoxy groups -OCH3 is 1. The Hall–Kier alpha value is -3.74. The van der Waals surface area contributed by atoms with Crippen molar-refractivity contribution in [2.75, 3.05) is 13.7 Å². The largest absolute Gasteiger partial charge is 0.497 e. The van der Waals surface area contributed by atoms with Gasteiger partial charge in [-0.15, -0.1) is 0 Å². The average molecular weight is 447 g/mol. The molecule has 7 nitrogen and oxygen atoms in total. The normalized spacial score (nSPS) is 20.2. The van der Waals surface area contributed by atoms with Gasteiger partial charge in [0.15, 0.2) is 5.78 Å². The molecular formula is C26H26N2O5. The fourth-order valence-corrected chi connectivity index (χ4v) is 4.40. The Bertz CT molecular complexity index is 1140. The Morgan fingerprint density at radius 3 is 2.39 bits per heavy atom. The summed E-state index contributed by atoms with van der Waals surface area (Å²) in [5, 5.41) is 0. The quantitative estimate of drug-likeness (QED) is 0.493. The first-order valence-electron chi connectivity index (χ1n) is 11.0. The molecule has 33 heavy (non-hydrogen) atoms. The minimum absolute atomic E-state index is 0.161. The number of amides is 1. The first-order chi connectivity index (χ1) is 16.0. The maximum atomic E-state index is 13.3. The van der Waals surface area contributed by atoms with Gasteiger partial charge in [-0.05, 0) is 38.0 Å². The molecule has 0 N–H and O–H groups in total. The summed E-state index contributed by atoms with van der Waals surface area (Å²) in [5.41, 5.74) is 2.26. The van der Waals surface area contributed by atoms with E-state index in [0.717, 1.165) is 5.56 Å². The number of Topliss-reactive ketones (excluding diaryl/α,β-unsaturated/α-hetero) is 1. The number of benzene rings is 2. The number of ketones is 1. The van der Waals surface area contributed by atoms with Crippen molar-refractivity contribution in [2.45, 2.75) is 32.7 Å². The van der Waals surface area contributed by atoms with Gasteiger partial charge in [-0.1, -0.05) is 42.5 Å². The van der Waals surface area contributed by atoms with Crippen LogP contribution in [0.5, 0.6) is 5.75 Å². The molecule has 4 rings (SSSR count). The van der Waals surface area contributed by atoms with Crippen LogP contribution in [-0.4, -0.2) is 42.0 Å². The number of nitrogens with zero attached hydrogens (tertiary/aromatic N) is 2. The second-order valence-electron chi connectivity index (χ2n) is 7.96. The Morgan fingerprint density at radius 1 is 1.06 bits per heavy atom. The predicted molar refractivity (Wildman–Crippen MR) is 123 cm³/mol. The lowest BCUT2D eigenvalue weighted by Gasteiger charge is -2.42. The Labute approximate surface area is 192 Å². The zero-order valence-electron chi connectivity index (χ0n) is 18.9. The highest BCUT2D eigenvalue weighted by atomic mass is 16.5. The van der Waals surface area contributed by atoms with E-state index < -0.39 is 17.9 Å². The number of hydrogen-bond acceptors (Lipinski definition) is 6. The van der Waals surface area contributed by atoms with Crippen LogP contribution in [0.3, 0.4) is 0 Å². The number of esters is 1. The zero-order chi connectivity index (χ0) is 23.5. The molecule has 2 aliphatic heterocycles. The van der Waals surface area contributed by atoms with Crippen LogP contribution in [0.4, 0.5) is 0 Å². The van der Waals surface area contributed by atoms with Crippen LogP contribution in [0, 0.1) is 5.92 Å². The number of carbonyl (C=O) groups excluding carboxylic acids is 3. The van der Waals surface area contributed by atoms with E-state index in [1.54, 1.807) is 57.4 Å². The molecule has 0 bridgehead atoms. The van der Waals surface area contributed by atoms with E-state index in [0.29, 0.717) is 34.8 Å². The molecule has 2 aliphatic rings. The van der Waals surface area contributed by atoms with Gasteiger partial charge in [0.05, 0.1) is 19.8 Å². The smallest absolute Gasteiger partial charge is 0.317 e. The third-order valence-corrected chi connectivity index (χ3v) is 5.99. The number of rotatable bonds is 6. The molecular weight excluding hydrogens is 420 g/mol. The van der Waals surface area contributed by atoms with Gasteiger partial charge < -0.3 is 9.47 Å². The van der Waals surface area contributed by atoms with Crippen LogP contribution in [0.1, 0.15) is 48.7 Å². The van der Waals surface area contributed by atoms with Crippen molar-refractivity contribution in [3.63, 3.8) is 0 Å². The van der Waals surface area contributed by atoms with Gasteiger partial charge in [0.1, 0.15) is 17.5 Å². The van der Waals surface area contributed by atoms with Crippen molar-refractivity contribution in [2.24, 2.45) is 10.9 Å². The van der Waals surface area contributed by atoms with Crippen molar-refractivity contribution < 1.29 is 23.9 Å². The minimum Gasteiger partial charge on any atom is -0.497 e. The maximum absolute atomic E-state index is 13.3. The minimum atomic E-state index is -0.780. The average Bonchev–Trinajstić information content (AvgIpc) is 2.84. The summed E-state index contributed by atoms with van der Waals surface area (Å²) in [4.78, 5) is 45.7. The van der Waals surface area contributed by atoms with E-state index in [-0.39, 0.29) is 24.7 Å². The first kappa shape index (κ1) is 22.5. The molecule has 0 aliphatic carbocycles. The molecule has 7 heteroatoms. The lowest BCUT2D eigenvalue weighted by atomic mass is 9.84. The maximum Gasteiger partial charge on any atom is 0.317 e. The molecule has 2 unspecified atom stereocenters. The zero-order valence-corrected chi connectivity index (χ0v) is 18.9. The summed E-state index contributed by atoms with van der Waals surface area (Å²) in [6.45, 7) is 3.70. The van der Waals surface area contributed by atoms with Gasteiger partial charge in [-0.2, -0.15) is 0 Å².